The highest BCUT2D eigenvalue weighted by molar-refractivity contribution is 5.67. The van der Waals surface area contributed by atoms with Gasteiger partial charge in [0.05, 0.1) is 24.0 Å². The summed E-state index contributed by atoms with van der Waals surface area (Å²) in [5.74, 6) is 0. The van der Waals surface area contributed by atoms with E-state index in [1.54, 1.807) is 18.0 Å². The van der Waals surface area contributed by atoms with E-state index in [1.807, 2.05) is 13.0 Å². The predicted octanol–water partition coefficient (Wildman–Crippen LogP) is 0.649. The molecule has 19 heavy (non-hydrogen) atoms. The lowest BCUT2D eigenvalue weighted by Gasteiger charge is -2.31. The highest BCUT2D eigenvalue weighted by Gasteiger charge is 2.26. The first kappa shape index (κ1) is 12.3. The maximum absolute atomic E-state index is 5.45. The first-order valence-electron chi connectivity index (χ1n) is 6.32. The van der Waals surface area contributed by atoms with Gasteiger partial charge in [0.1, 0.15) is 12.4 Å². The van der Waals surface area contributed by atoms with Crippen LogP contribution < -0.4 is 5.32 Å². The molecule has 0 amide bonds. The van der Waals surface area contributed by atoms with Gasteiger partial charge in [0.15, 0.2) is 0 Å². The SMILES string of the molecule is CO[C@H]1COCC[C@@H]1Nc1cc(C)nn2cnnc12. The van der Waals surface area contributed by atoms with Crippen LogP contribution in [-0.4, -0.2) is 52.3 Å². The molecule has 0 aromatic carbocycles. The Hall–Kier alpha value is -1.73. The Balaban J connectivity index is 1.89. The number of methoxy groups -OCH3 is 1. The molecule has 2 atom stereocenters. The van der Waals surface area contributed by atoms with Gasteiger partial charge in [0.2, 0.25) is 5.65 Å². The fourth-order valence-electron chi connectivity index (χ4n) is 2.37. The van der Waals surface area contributed by atoms with Crippen molar-refractivity contribution >= 4 is 11.3 Å². The molecule has 7 heteroatoms. The lowest BCUT2D eigenvalue weighted by atomic mass is 10.1. The second-order valence-electron chi connectivity index (χ2n) is 4.69. The first-order chi connectivity index (χ1) is 9.28. The van der Waals surface area contributed by atoms with Crippen molar-refractivity contribution in [1.29, 1.82) is 0 Å². The molecule has 2 aromatic heterocycles. The van der Waals surface area contributed by atoms with Crippen molar-refractivity contribution in [1.82, 2.24) is 19.8 Å². The summed E-state index contributed by atoms with van der Waals surface area (Å²) in [5, 5.41) is 15.8. The van der Waals surface area contributed by atoms with E-state index in [1.165, 1.54) is 0 Å². The molecule has 1 saturated heterocycles. The summed E-state index contributed by atoms with van der Waals surface area (Å²) in [6, 6.07) is 2.19. The smallest absolute Gasteiger partial charge is 0.200 e. The Kier molecular flexibility index (Phi) is 3.31. The second kappa shape index (κ2) is 5.10. The van der Waals surface area contributed by atoms with Crippen LogP contribution in [0, 0.1) is 6.92 Å². The lowest BCUT2D eigenvalue weighted by molar-refractivity contribution is -0.0366. The number of aryl methyl sites for hydroxylation is 1. The molecular weight excluding hydrogens is 246 g/mol. The molecule has 1 fully saturated rings. The number of aromatic nitrogens is 4. The molecule has 3 heterocycles. The largest absolute Gasteiger partial charge is 0.379 e. The fraction of sp³-hybridized carbons (Fsp3) is 0.583. The molecule has 0 unspecified atom stereocenters. The minimum absolute atomic E-state index is 0.0465. The molecule has 0 bridgehead atoms. The van der Waals surface area contributed by atoms with Crippen LogP contribution in [0.1, 0.15) is 12.1 Å². The van der Waals surface area contributed by atoms with Gasteiger partial charge in [0.25, 0.3) is 0 Å². The third-order valence-corrected chi connectivity index (χ3v) is 3.34. The molecule has 7 nitrogen and oxygen atoms in total. The Morgan fingerprint density at radius 1 is 1.53 bits per heavy atom. The minimum Gasteiger partial charge on any atom is -0.379 e. The number of rotatable bonds is 3. The molecule has 1 N–H and O–H groups in total. The lowest BCUT2D eigenvalue weighted by Crippen LogP contribution is -2.43. The summed E-state index contributed by atoms with van der Waals surface area (Å²) in [6.07, 6.45) is 2.55. The first-order valence-corrected chi connectivity index (χ1v) is 6.32. The van der Waals surface area contributed by atoms with Crippen molar-refractivity contribution in [3.05, 3.63) is 18.1 Å². The maximum atomic E-state index is 5.45. The molecule has 3 rings (SSSR count). The second-order valence-corrected chi connectivity index (χ2v) is 4.69. The summed E-state index contributed by atoms with van der Waals surface area (Å²) < 4.78 is 12.6. The van der Waals surface area contributed by atoms with Gasteiger partial charge in [-0.2, -0.15) is 9.61 Å². The molecule has 0 aliphatic carbocycles. The Labute approximate surface area is 110 Å². The third-order valence-electron chi connectivity index (χ3n) is 3.34. The number of hydrogen-bond donors (Lipinski definition) is 1. The summed E-state index contributed by atoms with van der Waals surface area (Å²) in [4.78, 5) is 0. The molecule has 0 saturated carbocycles. The standard InChI is InChI=1S/C12H17N5O2/c1-8-5-10(12-15-13-7-17(12)16-8)14-9-3-4-19-6-11(9)18-2/h5,7,9,11,14H,3-4,6H2,1-2H3/t9-,11-/m0/s1. The number of nitrogens with zero attached hydrogens (tertiary/aromatic N) is 4. The summed E-state index contributed by atoms with van der Waals surface area (Å²) in [7, 11) is 1.71. The highest BCUT2D eigenvalue weighted by Crippen LogP contribution is 2.20. The van der Waals surface area contributed by atoms with Gasteiger partial charge < -0.3 is 14.8 Å². The van der Waals surface area contributed by atoms with E-state index in [0.29, 0.717) is 6.61 Å². The van der Waals surface area contributed by atoms with Gasteiger partial charge in [-0.15, -0.1) is 10.2 Å². The molecule has 0 spiro atoms. The Morgan fingerprint density at radius 3 is 3.26 bits per heavy atom. The van der Waals surface area contributed by atoms with Crippen LogP contribution in [0.25, 0.3) is 5.65 Å². The van der Waals surface area contributed by atoms with E-state index in [-0.39, 0.29) is 12.1 Å². The zero-order valence-corrected chi connectivity index (χ0v) is 11.0. The monoisotopic (exact) mass is 263 g/mol. The fourth-order valence-corrected chi connectivity index (χ4v) is 2.37. The zero-order valence-electron chi connectivity index (χ0n) is 11.0. The van der Waals surface area contributed by atoms with Crippen molar-refractivity contribution in [2.75, 3.05) is 25.6 Å². The number of hydrogen-bond acceptors (Lipinski definition) is 6. The van der Waals surface area contributed by atoms with Crippen LogP contribution in [-0.2, 0) is 9.47 Å². The van der Waals surface area contributed by atoms with Crippen molar-refractivity contribution < 1.29 is 9.47 Å². The van der Waals surface area contributed by atoms with E-state index in [0.717, 1.165) is 30.1 Å². The van der Waals surface area contributed by atoms with Crippen molar-refractivity contribution in [2.45, 2.75) is 25.5 Å². The molecule has 2 aromatic rings. The summed E-state index contributed by atoms with van der Waals surface area (Å²) in [6.45, 7) is 3.30. The van der Waals surface area contributed by atoms with Gasteiger partial charge in [-0.25, -0.2) is 0 Å². The van der Waals surface area contributed by atoms with E-state index >= 15 is 0 Å². The van der Waals surface area contributed by atoms with Gasteiger partial charge in [0, 0.05) is 13.7 Å². The van der Waals surface area contributed by atoms with Crippen molar-refractivity contribution in [2.24, 2.45) is 0 Å². The van der Waals surface area contributed by atoms with E-state index in [4.69, 9.17) is 9.47 Å². The van der Waals surface area contributed by atoms with Gasteiger partial charge in [-0.05, 0) is 19.4 Å². The van der Waals surface area contributed by atoms with Gasteiger partial charge in [-0.3, -0.25) is 0 Å². The number of nitrogens with one attached hydrogen (secondary N) is 1. The predicted molar refractivity (Wildman–Crippen MR) is 69.2 cm³/mol. The Morgan fingerprint density at radius 2 is 2.42 bits per heavy atom. The van der Waals surface area contributed by atoms with Crippen molar-refractivity contribution in [3.8, 4) is 0 Å². The van der Waals surface area contributed by atoms with Crippen LogP contribution in [0.15, 0.2) is 12.4 Å². The number of fused-ring (bicyclic) bond motifs is 1. The average Bonchev–Trinajstić information content (AvgIpc) is 2.87. The molecule has 102 valence electrons. The maximum Gasteiger partial charge on any atom is 0.200 e. The Bertz CT molecular complexity index is 570. The minimum atomic E-state index is 0.0465. The van der Waals surface area contributed by atoms with Gasteiger partial charge in [-0.1, -0.05) is 0 Å². The normalized spacial score (nSPS) is 23.7. The van der Waals surface area contributed by atoms with E-state index in [2.05, 4.69) is 20.6 Å². The van der Waals surface area contributed by atoms with Crippen molar-refractivity contribution in [3.63, 3.8) is 0 Å². The van der Waals surface area contributed by atoms with Crippen LogP contribution in [0.3, 0.4) is 0 Å². The number of ether oxygens (including phenoxy) is 2. The van der Waals surface area contributed by atoms with Crippen LogP contribution in [0.5, 0.6) is 0 Å². The topological polar surface area (TPSA) is 73.6 Å². The molecule has 1 aliphatic rings. The summed E-state index contributed by atoms with van der Waals surface area (Å²) >= 11 is 0. The van der Waals surface area contributed by atoms with Crippen LogP contribution in [0.4, 0.5) is 5.69 Å². The molecular formula is C12H17N5O2. The van der Waals surface area contributed by atoms with Crippen LogP contribution in [0.2, 0.25) is 0 Å². The average molecular weight is 263 g/mol. The highest BCUT2D eigenvalue weighted by atomic mass is 16.5. The van der Waals surface area contributed by atoms with E-state index < -0.39 is 0 Å². The summed E-state index contributed by atoms with van der Waals surface area (Å²) in [5.41, 5.74) is 2.57. The molecule has 1 aliphatic heterocycles. The molecule has 0 radical (unpaired) electrons. The third kappa shape index (κ3) is 2.39. The van der Waals surface area contributed by atoms with E-state index in [9.17, 15) is 0 Å². The number of anilines is 1. The van der Waals surface area contributed by atoms with Gasteiger partial charge >= 0.3 is 0 Å². The van der Waals surface area contributed by atoms with Crippen LogP contribution >= 0.6 is 0 Å². The zero-order chi connectivity index (χ0) is 13.2. The quantitative estimate of drug-likeness (QED) is 0.876.